The number of nitrogens with zero attached hydrogens (tertiary/aromatic N) is 3. The number of hydrogen-bond acceptors (Lipinski definition) is 5. The van der Waals surface area contributed by atoms with Crippen molar-refractivity contribution in [3.63, 3.8) is 0 Å². The van der Waals surface area contributed by atoms with Crippen LogP contribution in [0.3, 0.4) is 0 Å². The van der Waals surface area contributed by atoms with Crippen LogP contribution in [0.15, 0.2) is 71.5 Å². The summed E-state index contributed by atoms with van der Waals surface area (Å²) in [6.07, 6.45) is 6.40. The molecule has 5 rings (SSSR count). The van der Waals surface area contributed by atoms with Crippen LogP contribution in [0.5, 0.6) is 0 Å². The molecule has 0 spiro atoms. The number of amides is 2. The Balaban J connectivity index is 1.33. The normalized spacial score (nSPS) is 19.3. The van der Waals surface area contributed by atoms with E-state index >= 15 is 0 Å². The third kappa shape index (κ3) is 4.25. The summed E-state index contributed by atoms with van der Waals surface area (Å²) in [6, 6.07) is 16.5. The fourth-order valence-electron chi connectivity index (χ4n) is 5.08. The first kappa shape index (κ1) is 22.1. The van der Waals surface area contributed by atoms with E-state index in [9.17, 15) is 14.4 Å². The molecule has 0 aliphatic carbocycles. The lowest BCUT2D eigenvalue weighted by Crippen LogP contribution is -2.52. The first-order chi connectivity index (χ1) is 16.6. The molecule has 34 heavy (non-hydrogen) atoms. The molecular formula is C27H27N3O4. The summed E-state index contributed by atoms with van der Waals surface area (Å²) in [7, 11) is 0. The second-order valence-electron chi connectivity index (χ2n) is 8.84. The molecule has 0 unspecified atom stereocenters. The number of carbonyl (C=O) groups excluding carboxylic acids is 3. The maximum absolute atomic E-state index is 13.7. The van der Waals surface area contributed by atoms with Gasteiger partial charge < -0.3 is 9.32 Å². The van der Waals surface area contributed by atoms with Gasteiger partial charge in [-0.15, -0.1) is 0 Å². The topological polar surface area (TPSA) is 83.7 Å². The first-order valence-corrected chi connectivity index (χ1v) is 11.8. The van der Waals surface area contributed by atoms with E-state index in [2.05, 4.69) is 17.1 Å². The Hall–Kier alpha value is -3.74. The monoisotopic (exact) mass is 457 g/mol. The molecule has 7 nitrogen and oxygen atoms in total. The Kier molecular flexibility index (Phi) is 6.25. The fraction of sp³-hybridized carbons (Fsp3) is 0.333. The lowest BCUT2D eigenvalue weighted by Gasteiger charge is -2.31. The van der Waals surface area contributed by atoms with Crippen LogP contribution in [0.2, 0.25) is 0 Å². The summed E-state index contributed by atoms with van der Waals surface area (Å²) >= 11 is 0. The van der Waals surface area contributed by atoms with Crippen molar-refractivity contribution in [2.45, 2.75) is 50.6 Å². The van der Waals surface area contributed by atoms with Crippen molar-refractivity contribution in [2.24, 2.45) is 0 Å². The maximum atomic E-state index is 13.7. The maximum Gasteiger partial charge on any atom is 0.265 e. The zero-order valence-corrected chi connectivity index (χ0v) is 18.9. The van der Waals surface area contributed by atoms with Gasteiger partial charge in [-0.1, -0.05) is 48.5 Å². The molecule has 2 aliphatic rings. The highest BCUT2D eigenvalue weighted by Gasteiger charge is 2.44. The van der Waals surface area contributed by atoms with Crippen molar-refractivity contribution in [2.75, 3.05) is 11.4 Å². The van der Waals surface area contributed by atoms with E-state index in [4.69, 9.17) is 4.42 Å². The first-order valence-electron chi connectivity index (χ1n) is 11.8. The lowest BCUT2D eigenvalue weighted by atomic mass is 10.1. The van der Waals surface area contributed by atoms with Gasteiger partial charge in [-0.05, 0) is 42.9 Å². The third-order valence-electron chi connectivity index (χ3n) is 6.71. The molecule has 2 aromatic carbocycles. The average molecular weight is 458 g/mol. The van der Waals surface area contributed by atoms with Crippen LogP contribution in [0.4, 0.5) is 5.69 Å². The SMILES string of the molecule is O=C(c1ncco1)[C@@H]1CCCN1C(=O)[C@@H]1Cc2ccccc2N1C(=O)CCCc1ccccc1. The van der Waals surface area contributed by atoms with Crippen LogP contribution >= 0.6 is 0 Å². The number of rotatable bonds is 7. The van der Waals surface area contributed by atoms with Gasteiger partial charge in [0.1, 0.15) is 18.3 Å². The average Bonchev–Trinajstić information content (AvgIpc) is 3.63. The van der Waals surface area contributed by atoms with Gasteiger partial charge in [-0.2, -0.15) is 0 Å². The van der Waals surface area contributed by atoms with Crippen LogP contribution in [0, 0.1) is 0 Å². The van der Waals surface area contributed by atoms with Crippen LogP contribution < -0.4 is 4.90 Å². The fourth-order valence-corrected chi connectivity index (χ4v) is 5.08. The number of ketones is 1. The molecule has 0 bridgehead atoms. The van der Waals surface area contributed by atoms with E-state index in [1.807, 2.05) is 42.5 Å². The minimum atomic E-state index is -0.639. The molecule has 7 heteroatoms. The molecule has 1 fully saturated rings. The number of aromatic nitrogens is 1. The van der Waals surface area contributed by atoms with Gasteiger partial charge in [0.05, 0.1) is 6.20 Å². The van der Waals surface area contributed by atoms with Crippen LogP contribution in [0.1, 0.15) is 47.5 Å². The van der Waals surface area contributed by atoms with Gasteiger partial charge in [0.25, 0.3) is 5.89 Å². The Morgan fingerprint density at radius 1 is 1.00 bits per heavy atom. The predicted octanol–water partition coefficient (Wildman–Crippen LogP) is 3.83. The number of anilines is 1. The third-order valence-corrected chi connectivity index (χ3v) is 6.71. The molecule has 3 heterocycles. The Bertz CT molecular complexity index is 1180. The van der Waals surface area contributed by atoms with E-state index in [-0.39, 0.29) is 23.5 Å². The van der Waals surface area contributed by atoms with Crippen molar-refractivity contribution in [3.05, 3.63) is 84.1 Å². The van der Waals surface area contributed by atoms with E-state index < -0.39 is 12.1 Å². The van der Waals surface area contributed by atoms with Crippen molar-refractivity contribution in [1.29, 1.82) is 0 Å². The lowest BCUT2D eigenvalue weighted by molar-refractivity contribution is -0.134. The molecule has 3 aromatic rings. The Morgan fingerprint density at radius 2 is 1.79 bits per heavy atom. The van der Waals surface area contributed by atoms with Gasteiger partial charge >= 0.3 is 0 Å². The van der Waals surface area contributed by atoms with Gasteiger partial charge in [0.15, 0.2) is 0 Å². The molecule has 0 saturated carbocycles. The van der Waals surface area contributed by atoms with Crippen LogP contribution in [-0.4, -0.2) is 46.1 Å². The molecule has 2 aliphatic heterocycles. The zero-order valence-electron chi connectivity index (χ0n) is 18.9. The molecule has 1 aromatic heterocycles. The smallest absolute Gasteiger partial charge is 0.265 e. The van der Waals surface area contributed by atoms with Gasteiger partial charge in [-0.25, -0.2) is 4.98 Å². The van der Waals surface area contributed by atoms with Crippen LogP contribution in [-0.2, 0) is 22.4 Å². The van der Waals surface area contributed by atoms with E-state index in [1.54, 1.807) is 9.80 Å². The van der Waals surface area contributed by atoms with Crippen molar-refractivity contribution < 1.29 is 18.8 Å². The zero-order chi connectivity index (χ0) is 23.5. The predicted molar refractivity (Wildman–Crippen MR) is 126 cm³/mol. The van der Waals surface area contributed by atoms with Gasteiger partial charge in [0.2, 0.25) is 17.6 Å². The Labute approximate surface area is 198 Å². The van der Waals surface area contributed by atoms with Gasteiger partial charge in [-0.3, -0.25) is 19.3 Å². The molecule has 2 atom stereocenters. The number of hydrogen-bond donors (Lipinski definition) is 0. The quantitative estimate of drug-likeness (QED) is 0.504. The van der Waals surface area contributed by atoms with Crippen molar-refractivity contribution in [3.8, 4) is 0 Å². The molecular weight excluding hydrogens is 430 g/mol. The summed E-state index contributed by atoms with van der Waals surface area (Å²) in [5.74, 6) is -0.510. The van der Waals surface area contributed by atoms with Gasteiger partial charge in [0, 0.05) is 25.1 Å². The molecule has 1 saturated heterocycles. The minimum absolute atomic E-state index is 0.0215. The van der Waals surface area contributed by atoms with E-state index in [0.717, 1.165) is 24.1 Å². The molecule has 0 radical (unpaired) electrons. The van der Waals surface area contributed by atoms with Crippen LogP contribution in [0.25, 0.3) is 0 Å². The number of carbonyl (C=O) groups is 3. The summed E-state index contributed by atoms with van der Waals surface area (Å²) < 4.78 is 5.19. The number of benzene rings is 2. The number of likely N-dealkylation sites (tertiary alicyclic amines) is 1. The van der Waals surface area contributed by atoms with Crippen molar-refractivity contribution >= 4 is 23.3 Å². The highest BCUT2D eigenvalue weighted by molar-refractivity contribution is 6.05. The largest absolute Gasteiger partial charge is 0.442 e. The number of oxazole rings is 1. The molecule has 2 amide bonds. The van der Waals surface area contributed by atoms with E-state index in [0.29, 0.717) is 32.2 Å². The highest BCUT2D eigenvalue weighted by atomic mass is 16.3. The second-order valence-corrected chi connectivity index (χ2v) is 8.84. The second kappa shape index (κ2) is 9.63. The minimum Gasteiger partial charge on any atom is -0.442 e. The van der Waals surface area contributed by atoms with E-state index in [1.165, 1.54) is 18.0 Å². The molecule has 0 N–H and O–H groups in total. The summed E-state index contributed by atoms with van der Waals surface area (Å²) in [5, 5.41) is 0. The Morgan fingerprint density at radius 3 is 2.59 bits per heavy atom. The summed E-state index contributed by atoms with van der Waals surface area (Å²) in [5.41, 5.74) is 2.96. The number of fused-ring (bicyclic) bond motifs is 1. The van der Waals surface area contributed by atoms with Crippen molar-refractivity contribution in [1.82, 2.24) is 9.88 Å². The molecule has 174 valence electrons. The highest BCUT2D eigenvalue weighted by Crippen LogP contribution is 2.35. The standard InChI is InChI=1S/C27H27N3O4/c31-24(14-6-10-19-8-2-1-3-9-19)30-21-12-5-4-11-20(21)18-23(30)27(33)29-16-7-13-22(29)25(32)26-28-15-17-34-26/h1-5,8-9,11-12,15,17,22-23H,6-7,10,13-14,16,18H2/t22-,23-/m0/s1. The number of Topliss-reactive ketones (excluding diaryl/α,β-unsaturated/α-hetero) is 1. The number of aryl methyl sites for hydroxylation is 1. The summed E-state index contributed by atoms with van der Waals surface area (Å²) in [6.45, 7) is 0.485. The summed E-state index contributed by atoms with van der Waals surface area (Å²) in [4.78, 5) is 47.3. The number of para-hydroxylation sites is 1.